The Labute approximate surface area is 185 Å². The molecule has 0 aliphatic heterocycles. The number of nitrogens with zero attached hydrogens (tertiary/aromatic N) is 2. The van der Waals surface area contributed by atoms with E-state index in [4.69, 9.17) is 4.74 Å². The van der Waals surface area contributed by atoms with Gasteiger partial charge in [0.15, 0.2) is 5.75 Å². The van der Waals surface area contributed by atoms with Crippen LogP contribution in [0.4, 0.5) is 11.5 Å². The number of aryl methyl sites for hydroxylation is 1. The summed E-state index contributed by atoms with van der Waals surface area (Å²) in [5.74, 6) is 2.30. The van der Waals surface area contributed by atoms with Crippen LogP contribution in [0, 0.1) is 0 Å². The number of para-hydroxylation sites is 3. The lowest BCUT2D eigenvalue weighted by atomic mass is 10.0. The molecule has 152 valence electrons. The van der Waals surface area contributed by atoms with Crippen molar-refractivity contribution in [3.63, 3.8) is 0 Å². The van der Waals surface area contributed by atoms with E-state index in [1.807, 2.05) is 54.6 Å². The first-order valence-corrected chi connectivity index (χ1v) is 11.1. The van der Waals surface area contributed by atoms with Crippen LogP contribution in [0.5, 0.6) is 11.5 Å². The molecule has 0 unspecified atom stereocenters. The summed E-state index contributed by atoms with van der Waals surface area (Å²) in [5, 5.41) is 6.66. The van der Waals surface area contributed by atoms with Crippen LogP contribution < -0.4 is 10.1 Å². The Bertz CT molecular complexity index is 1310. The zero-order valence-electron chi connectivity index (χ0n) is 17.1. The second-order valence-corrected chi connectivity index (χ2v) is 8.00. The van der Waals surface area contributed by atoms with E-state index in [9.17, 15) is 0 Å². The van der Waals surface area contributed by atoms with Crippen molar-refractivity contribution in [3.8, 4) is 22.6 Å². The molecule has 0 bridgehead atoms. The van der Waals surface area contributed by atoms with Crippen molar-refractivity contribution in [2.24, 2.45) is 0 Å². The molecule has 0 aliphatic rings. The van der Waals surface area contributed by atoms with Gasteiger partial charge in [-0.1, -0.05) is 61.5 Å². The minimum Gasteiger partial charge on any atom is -0.455 e. The van der Waals surface area contributed by atoms with Crippen LogP contribution in [0.1, 0.15) is 12.5 Å². The van der Waals surface area contributed by atoms with Crippen LogP contribution in [0.15, 0.2) is 90.6 Å². The average molecular weight is 424 g/mol. The number of rotatable bonds is 6. The number of hydrogen-bond donors (Lipinski definition) is 1. The van der Waals surface area contributed by atoms with Gasteiger partial charge in [-0.2, -0.15) is 0 Å². The monoisotopic (exact) mass is 423 g/mol. The molecule has 0 saturated carbocycles. The standard InChI is InChI=1S/C26H21N3OS/c1-2-18-12-14-19(15-13-18)21-16-31-26-24(21)25(27-17-28-26)29-22-10-6-7-11-23(22)30-20-8-4-3-5-9-20/h3-17H,2H2,1H3,(H,27,28,29). The van der Waals surface area contributed by atoms with Crippen LogP contribution in [-0.2, 0) is 6.42 Å². The van der Waals surface area contributed by atoms with E-state index in [1.165, 1.54) is 5.56 Å². The number of anilines is 2. The number of aromatic nitrogens is 2. The quantitative estimate of drug-likeness (QED) is 0.308. The molecule has 0 spiro atoms. The molecule has 5 rings (SSSR count). The third-order valence-electron chi connectivity index (χ3n) is 5.15. The largest absolute Gasteiger partial charge is 0.455 e. The molecule has 2 aromatic heterocycles. The summed E-state index contributed by atoms with van der Waals surface area (Å²) in [6.07, 6.45) is 2.63. The minimum atomic E-state index is 0.740. The van der Waals surface area contributed by atoms with Crippen molar-refractivity contribution in [1.82, 2.24) is 9.97 Å². The van der Waals surface area contributed by atoms with Gasteiger partial charge in [0.2, 0.25) is 0 Å². The van der Waals surface area contributed by atoms with Gasteiger partial charge in [-0.15, -0.1) is 11.3 Å². The van der Waals surface area contributed by atoms with E-state index in [0.717, 1.165) is 50.8 Å². The summed E-state index contributed by atoms with van der Waals surface area (Å²) in [4.78, 5) is 10.0. The van der Waals surface area contributed by atoms with Gasteiger partial charge in [0.05, 0.1) is 11.1 Å². The second-order valence-electron chi connectivity index (χ2n) is 7.14. The number of hydrogen-bond acceptors (Lipinski definition) is 5. The first kappa shape index (κ1) is 19.3. The summed E-state index contributed by atoms with van der Waals surface area (Å²) >= 11 is 1.63. The molecule has 1 N–H and O–H groups in total. The number of nitrogens with one attached hydrogen (secondary N) is 1. The smallest absolute Gasteiger partial charge is 0.150 e. The summed E-state index contributed by atoms with van der Waals surface area (Å²) in [5.41, 5.74) is 4.47. The predicted molar refractivity (Wildman–Crippen MR) is 128 cm³/mol. The molecule has 0 saturated heterocycles. The van der Waals surface area contributed by atoms with Crippen LogP contribution in [0.2, 0.25) is 0 Å². The Morgan fingerprint density at radius 3 is 2.45 bits per heavy atom. The molecule has 2 heterocycles. The van der Waals surface area contributed by atoms with Crippen molar-refractivity contribution in [3.05, 3.63) is 96.1 Å². The van der Waals surface area contributed by atoms with Gasteiger partial charge in [-0.25, -0.2) is 9.97 Å². The lowest BCUT2D eigenvalue weighted by molar-refractivity contribution is 0.485. The number of thiophene rings is 1. The SMILES string of the molecule is CCc1ccc(-c2csc3ncnc(Nc4ccccc4Oc4ccccc4)c23)cc1. The van der Waals surface area contributed by atoms with E-state index < -0.39 is 0 Å². The third-order valence-corrected chi connectivity index (χ3v) is 6.04. The molecule has 5 aromatic rings. The molecule has 0 amide bonds. The Balaban J connectivity index is 1.54. The molecule has 3 aromatic carbocycles. The lowest BCUT2D eigenvalue weighted by Crippen LogP contribution is -1.98. The van der Waals surface area contributed by atoms with Crippen LogP contribution in [-0.4, -0.2) is 9.97 Å². The van der Waals surface area contributed by atoms with Gasteiger partial charge in [0, 0.05) is 10.9 Å². The zero-order chi connectivity index (χ0) is 21.0. The van der Waals surface area contributed by atoms with Crippen LogP contribution in [0.3, 0.4) is 0 Å². The van der Waals surface area contributed by atoms with E-state index >= 15 is 0 Å². The highest BCUT2D eigenvalue weighted by Gasteiger charge is 2.15. The fourth-order valence-corrected chi connectivity index (χ4v) is 4.42. The molecule has 5 heteroatoms. The van der Waals surface area contributed by atoms with Gasteiger partial charge in [0.25, 0.3) is 0 Å². The number of ether oxygens (including phenoxy) is 1. The first-order chi connectivity index (χ1) is 15.3. The minimum absolute atomic E-state index is 0.740. The second kappa shape index (κ2) is 8.58. The zero-order valence-corrected chi connectivity index (χ0v) is 17.9. The van der Waals surface area contributed by atoms with Gasteiger partial charge in [-0.05, 0) is 41.8 Å². The molecule has 4 nitrogen and oxygen atoms in total. The molecule has 0 fully saturated rings. The first-order valence-electron chi connectivity index (χ1n) is 10.2. The van der Waals surface area contributed by atoms with Crippen LogP contribution >= 0.6 is 11.3 Å². The topological polar surface area (TPSA) is 47.0 Å². The highest BCUT2D eigenvalue weighted by molar-refractivity contribution is 7.17. The van der Waals surface area contributed by atoms with Gasteiger partial charge >= 0.3 is 0 Å². The van der Waals surface area contributed by atoms with Gasteiger partial charge in [0.1, 0.15) is 22.7 Å². The normalized spacial score (nSPS) is 10.9. The Morgan fingerprint density at radius 2 is 1.65 bits per heavy atom. The average Bonchev–Trinajstić information content (AvgIpc) is 3.26. The molecule has 0 atom stereocenters. The summed E-state index contributed by atoms with van der Waals surface area (Å²) in [7, 11) is 0. The van der Waals surface area contributed by atoms with Gasteiger partial charge < -0.3 is 10.1 Å². The molecule has 31 heavy (non-hydrogen) atoms. The van der Waals surface area contributed by atoms with Gasteiger partial charge in [-0.3, -0.25) is 0 Å². The van der Waals surface area contributed by atoms with Crippen molar-refractivity contribution < 1.29 is 4.74 Å². The summed E-state index contributed by atoms with van der Waals surface area (Å²) < 4.78 is 6.11. The maximum absolute atomic E-state index is 6.11. The fourth-order valence-electron chi connectivity index (χ4n) is 3.50. The number of benzene rings is 3. The fraction of sp³-hybridized carbons (Fsp3) is 0.0769. The Kier molecular flexibility index (Phi) is 5.33. The molecular formula is C26H21N3OS. The molecule has 0 radical (unpaired) electrons. The highest BCUT2D eigenvalue weighted by atomic mass is 32.1. The maximum atomic E-state index is 6.11. The Hall–Kier alpha value is -3.70. The molecule has 0 aliphatic carbocycles. The van der Waals surface area contributed by atoms with E-state index in [0.29, 0.717) is 0 Å². The third kappa shape index (κ3) is 4.00. The van der Waals surface area contributed by atoms with Crippen molar-refractivity contribution in [2.75, 3.05) is 5.32 Å². The summed E-state index contributed by atoms with van der Waals surface area (Å²) in [6.45, 7) is 2.17. The highest BCUT2D eigenvalue weighted by Crippen LogP contribution is 2.39. The predicted octanol–water partition coefficient (Wildman–Crippen LogP) is 7.46. The van der Waals surface area contributed by atoms with E-state index in [2.05, 4.69) is 51.9 Å². The Morgan fingerprint density at radius 1 is 0.871 bits per heavy atom. The number of fused-ring (bicyclic) bond motifs is 1. The lowest BCUT2D eigenvalue weighted by Gasteiger charge is -2.13. The summed E-state index contributed by atoms with van der Waals surface area (Å²) in [6, 6.07) is 26.4. The van der Waals surface area contributed by atoms with E-state index in [-0.39, 0.29) is 0 Å². The molecular weight excluding hydrogens is 402 g/mol. The van der Waals surface area contributed by atoms with E-state index in [1.54, 1.807) is 17.7 Å². The maximum Gasteiger partial charge on any atom is 0.150 e. The van der Waals surface area contributed by atoms with Crippen LogP contribution in [0.25, 0.3) is 21.3 Å². The van der Waals surface area contributed by atoms with Crippen molar-refractivity contribution in [1.29, 1.82) is 0 Å². The van der Waals surface area contributed by atoms with Crippen molar-refractivity contribution in [2.45, 2.75) is 13.3 Å². The van der Waals surface area contributed by atoms with Crippen molar-refractivity contribution >= 4 is 33.1 Å².